The van der Waals surface area contributed by atoms with Crippen LogP contribution in [0.5, 0.6) is 0 Å². The standard InChI is InChI=1S/C8H12F6O3S.C8H20N/c9-2-1-4(10)6(12)8(14)7(13)5(11)3-18(15,16)17;1-5-9(6-2,7-3)8-4/h4-8H,1-3H2,(H,15,16,17);5-8H2,1-4H3/q;+1/p-1. The number of hydrogen-bond donors (Lipinski definition) is 0. The second kappa shape index (κ2) is 13.6. The van der Waals surface area contributed by atoms with E-state index in [-0.39, 0.29) is 0 Å². The molecule has 0 rings (SSSR count). The zero-order chi connectivity index (χ0) is 21.8. The van der Waals surface area contributed by atoms with E-state index in [9.17, 15) is 39.3 Å². The predicted molar refractivity (Wildman–Crippen MR) is 92.1 cm³/mol. The summed E-state index contributed by atoms with van der Waals surface area (Å²) in [5.74, 6) is -1.89. The molecular formula is C16H31F6NO3S. The maximum Gasteiger partial charge on any atom is 0.168 e. The SMILES string of the molecule is CC[N+](CC)(CC)CC.O=S(=O)([O-])CC(F)C(F)C(F)C(F)C(F)CCF. The van der Waals surface area contributed by atoms with Crippen molar-refractivity contribution in [3.63, 3.8) is 0 Å². The Morgan fingerprint density at radius 2 is 1.15 bits per heavy atom. The van der Waals surface area contributed by atoms with Crippen molar-refractivity contribution in [2.45, 2.75) is 65.0 Å². The van der Waals surface area contributed by atoms with E-state index in [1.165, 1.54) is 30.7 Å². The Morgan fingerprint density at radius 1 is 0.778 bits per heavy atom. The van der Waals surface area contributed by atoms with Gasteiger partial charge in [0.25, 0.3) is 0 Å². The molecule has 0 aliphatic heterocycles. The fourth-order valence-electron chi connectivity index (χ4n) is 2.47. The largest absolute Gasteiger partial charge is 0.748 e. The number of nitrogens with zero attached hydrogens (tertiary/aromatic N) is 1. The lowest BCUT2D eigenvalue weighted by molar-refractivity contribution is -0.921. The summed E-state index contributed by atoms with van der Waals surface area (Å²) in [6.07, 6.45) is -16.6. The summed E-state index contributed by atoms with van der Waals surface area (Å²) in [6.45, 7) is 12.9. The summed E-state index contributed by atoms with van der Waals surface area (Å²) in [4.78, 5) is 0. The first kappa shape index (κ1) is 28.7. The maximum absolute atomic E-state index is 12.9. The van der Waals surface area contributed by atoms with E-state index in [4.69, 9.17) is 0 Å². The molecule has 27 heavy (non-hydrogen) atoms. The van der Waals surface area contributed by atoms with E-state index in [2.05, 4.69) is 27.7 Å². The summed E-state index contributed by atoms with van der Waals surface area (Å²) in [7, 11) is -5.17. The molecule has 4 nitrogen and oxygen atoms in total. The smallest absolute Gasteiger partial charge is 0.168 e. The van der Waals surface area contributed by atoms with Crippen LogP contribution in [0.4, 0.5) is 26.3 Å². The minimum absolute atomic E-state index is 1.04. The van der Waals surface area contributed by atoms with Crippen LogP contribution in [-0.4, -0.2) is 86.9 Å². The third-order valence-corrected chi connectivity index (χ3v) is 5.46. The van der Waals surface area contributed by atoms with E-state index in [1.807, 2.05) is 0 Å². The first-order valence-corrected chi connectivity index (χ1v) is 10.5. The number of alkyl halides is 6. The Labute approximate surface area is 158 Å². The molecule has 0 radical (unpaired) electrons. The van der Waals surface area contributed by atoms with Gasteiger partial charge < -0.3 is 9.04 Å². The van der Waals surface area contributed by atoms with E-state index in [0.717, 1.165) is 0 Å². The second-order valence-electron chi connectivity index (χ2n) is 6.17. The highest BCUT2D eigenvalue weighted by Gasteiger charge is 2.40. The van der Waals surface area contributed by atoms with Gasteiger partial charge in [0.15, 0.2) is 18.5 Å². The molecule has 0 amide bonds. The van der Waals surface area contributed by atoms with Crippen molar-refractivity contribution < 1.29 is 43.8 Å². The first-order valence-electron chi connectivity index (χ1n) is 8.89. The van der Waals surface area contributed by atoms with Gasteiger partial charge >= 0.3 is 0 Å². The molecule has 5 unspecified atom stereocenters. The van der Waals surface area contributed by atoms with Gasteiger partial charge in [-0.05, 0) is 27.7 Å². The van der Waals surface area contributed by atoms with Crippen LogP contribution in [0.3, 0.4) is 0 Å². The number of rotatable bonds is 12. The van der Waals surface area contributed by atoms with Gasteiger partial charge in [-0.15, -0.1) is 0 Å². The minimum atomic E-state index is -5.17. The van der Waals surface area contributed by atoms with Gasteiger partial charge in [-0.25, -0.2) is 30.4 Å². The maximum atomic E-state index is 12.9. The zero-order valence-electron chi connectivity index (χ0n) is 16.2. The highest BCUT2D eigenvalue weighted by Crippen LogP contribution is 2.23. The molecule has 0 aromatic heterocycles. The molecule has 0 aliphatic carbocycles. The normalized spacial score (nSPS) is 18.0. The molecule has 0 aromatic carbocycles. The van der Waals surface area contributed by atoms with Crippen LogP contribution < -0.4 is 0 Å². The van der Waals surface area contributed by atoms with Gasteiger partial charge in [-0.1, -0.05) is 0 Å². The van der Waals surface area contributed by atoms with Crippen molar-refractivity contribution in [1.29, 1.82) is 0 Å². The summed E-state index contributed by atoms with van der Waals surface area (Å²) in [5, 5.41) is 0. The molecule has 0 fully saturated rings. The lowest BCUT2D eigenvalue weighted by Gasteiger charge is -2.34. The monoisotopic (exact) mass is 431 g/mol. The van der Waals surface area contributed by atoms with Gasteiger partial charge in [-0.2, -0.15) is 0 Å². The van der Waals surface area contributed by atoms with E-state index in [0.29, 0.717) is 0 Å². The van der Waals surface area contributed by atoms with Gasteiger partial charge in [0.05, 0.1) is 48.7 Å². The Kier molecular flexibility index (Phi) is 14.4. The molecule has 0 spiro atoms. The number of hydrogen-bond acceptors (Lipinski definition) is 3. The van der Waals surface area contributed by atoms with E-state index >= 15 is 0 Å². The molecule has 166 valence electrons. The fourth-order valence-corrected chi connectivity index (χ4v) is 3.04. The van der Waals surface area contributed by atoms with Gasteiger partial charge in [0.1, 0.15) is 12.3 Å². The van der Waals surface area contributed by atoms with Crippen LogP contribution in [0, 0.1) is 0 Å². The topological polar surface area (TPSA) is 57.2 Å². The minimum Gasteiger partial charge on any atom is -0.748 e. The average Bonchev–Trinajstić information content (AvgIpc) is 2.61. The molecule has 0 aliphatic rings. The zero-order valence-corrected chi connectivity index (χ0v) is 17.0. The molecule has 11 heteroatoms. The fraction of sp³-hybridized carbons (Fsp3) is 1.00. The van der Waals surface area contributed by atoms with Gasteiger partial charge in [0.2, 0.25) is 0 Å². The van der Waals surface area contributed by atoms with E-state index < -0.39 is 59.8 Å². The Balaban J connectivity index is 0. The highest BCUT2D eigenvalue weighted by molar-refractivity contribution is 7.85. The number of quaternary nitrogens is 1. The third-order valence-electron chi connectivity index (χ3n) is 4.73. The summed E-state index contributed by atoms with van der Waals surface area (Å²) in [6, 6.07) is 0. The molecule has 5 atom stereocenters. The number of halogens is 6. The highest BCUT2D eigenvalue weighted by atomic mass is 32.2. The second-order valence-corrected chi connectivity index (χ2v) is 7.62. The van der Waals surface area contributed by atoms with Crippen LogP contribution in [-0.2, 0) is 10.1 Å². The Bertz CT molecular complexity index is 461. The lowest BCUT2D eigenvalue weighted by atomic mass is 10.0. The Hall–Kier alpha value is -0.550. The summed E-state index contributed by atoms with van der Waals surface area (Å²) in [5.41, 5.74) is 0. The van der Waals surface area contributed by atoms with Crippen LogP contribution in [0.1, 0.15) is 34.1 Å². The van der Waals surface area contributed by atoms with Crippen LogP contribution in [0.15, 0.2) is 0 Å². The lowest BCUT2D eigenvalue weighted by Crippen LogP contribution is -2.47. The quantitative estimate of drug-likeness (QED) is 0.270. The molecule has 0 saturated carbocycles. The third kappa shape index (κ3) is 11.1. The van der Waals surface area contributed by atoms with Crippen LogP contribution >= 0.6 is 0 Å². The Morgan fingerprint density at radius 3 is 1.41 bits per heavy atom. The summed E-state index contributed by atoms with van der Waals surface area (Å²) < 4.78 is 107. The van der Waals surface area contributed by atoms with Crippen molar-refractivity contribution in [3.05, 3.63) is 0 Å². The molecule has 0 aromatic rings. The molecular weight excluding hydrogens is 400 g/mol. The molecule has 0 N–H and O–H groups in total. The predicted octanol–water partition coefficient (Wildman–Crippen LogP) is 3.46. The summed E-state index contributed by atoms with van der Waals surface area (Å²) >= 11 is 0. The van der Waals surface area contributed by atoms with Crippen LogP contribution in [0.2, 0.25) is 0 Å². The van der Waals surface area contributed by atoms with Crippen molar-refractivity contribution in [2.24, 2.45) is 0 Å². The van der Waals surface area contributed by atoms with Gasteiger partial charge in [-0.3, -0.25) is 4.39 Å². The first-order chi connectivity index (χ1) is 12.3. The molecule has 0 saturated heterocycles. The average molecular weight is 431 g/mol. The van der Waals surface area contributed by atoms with Crippen molar-refractivity contribution in [2.75, 3.05) is 38.6 Å². The molecule has 0 bridgehead atoms. The van der Waals surface area contributed by atoms with Crippen LogP contribution in [0.25, 0.3) is 0 Å². The van der Waals surface area contributed by atoms with Crippen molar-refractivity contribution in [3.8, 4) is 0 Å². The van der Waals surface area contributed by atoms with Gasteiger partial charge in [0, 0.05) is 6.42 Å². The molecule has 0 heterocycles. The van der Waals surface area contributed by atoms with Crippen molar-refractivity contribution >= 4 is 10.1 Å². The van der Waals surface area contributed by atoms with E-state index in [1.54, 1.807) is 0 Å². The van der Waals surface area contributed by atoms with Crippen molar-refractivity contribution in [1.82, 2.24) is 0 Å².